The van der Waals surface area contributed by atoms with Crippen LogP contribution >= 0.6 is 11.3 Å². The maximum atomic E-state index is 12.7. The second kappa shape index (κ2) is 6.98. The molecule has 1 aromatic heterocycles. The van der Waals surface area contributed by atoms with Crippen LogP contribution in [-0.4, -0.2) is 24.0 Å². The number of aryl methyl sites for hydroxylation is 1. The summed E-state index contributed by atoms with van der Waals surface area (Å²) in [6, 6.07) is 8.50. The average molecular weight is 343 g/mol. The van der Waals surface area contributed by atoms with Gasteiger partial charge in [-0.3, -0.25) is 4.79 Å². The van der Waals surface area contributed by atoms with E-state index < -0.39 is 0 Å². The highest BCUT2D eigenvalue weighted by molar-refractivity contribution is 7.10. The molecule has 1 aromatic carbocycles. The first-order chi connectivity index (χ1) is 11.5. The zero-order valence-corrected chi connectivity index (χ0v) is 15.7. The van der Waals surface area contributed by atoms with Crippen molar-refractivity contribution < 1.29 is 9.53 Å². The second-order valence-corrected chi connectivity index (χ2v) is 7.80. The Morgan fingerprint density at radius 2 is 2.17 bits per heavy atom. The Morgan fingerprint density at radius 3 is 2.92 bits per heavy atom. The topological polar surface area (TPSA) is 29.5 Å². The highest BCUT2D eigenvalue weighted by Crippen LogP contribution is 2.33. The van der Waals surface area contributed by atoms with Gasteiger partial charge in [0, 0.05) is 11.4 Å². The molecular formula is C20H25NO2S. The molecule has 24 heavy (non-hydrogen) atoms. The van der Waals surface area contributed by atoms with Crippen LogP contribution in [-0.2, 0) is 11.2 Å². The Morgan fingerprint density at radius 1 is 1.38 bits per heavy atom. The normalized spacial score (nSPS) is 17.0. The van der Waals surface area contributed by atoms with Crippen LogP contribution in [0.3, 0.4) is 0 Å². The summed E-state index contributed by atoms with van der Waals surface area (Å²) < 4.78 is 5.92. The smallest absolute Gasteiger partial charge is 0.261 e. The highest BCUT2D eigenvalue weighted by Gasteiger charge is 2.28. The molecule has 1 unspecified atom stereocenters. The van der Waals surface area contributed by atoms with Crippen molar-refractivity contribution in [2.45, 2.75) is 46.1 Å². The molecule has 0 saturated carbocycles. The predicted octanol–water partition coefficient (Wildman–Crippen LogP) is 4.70. The minimum atomic E-state index is 0.0653. The first kappa shape index (κ1) is 17.0. The fraction of sp³-hybridized carbons (Fsp3) is 0.450. The molecule has 0 N–H and O–H groups in total. The van der Waals surface area contributed by atoms with E-state index in [1.54, 1.807) is 11.3 Å². The minimum Gasteiger partial charge on any atom is -0.483 e. The summed E-state index contributed by atoms with van der Waals surface area (Å²) in [5.41, 5.74) is 3.59. The Balaban J connectivity index is 1.70. The second-order valence-electron chi connectivity index (χ2n) is 6.80. The van der Waals surface area contributed by atoms with Gasteiger partial charge in [0.2, 0.25) is 0 Å². The van der Waals surface area contributed by atoms with Crippen molar-refractivity contribution in [3.05, 3.63) is 51.2 Å². The van der Waals surface area contributed by atoms with Crippen molar-refractivity contribution in [3.63, 3.8) is 0 Å². The van der Waals surface area contributed by atoms with Gasteiger partial charge in [-0.05, 0) is 60.4 Å². The molecule has 2 aromatic rings. The average Bonchev–Trinajstić information content (AvgIpc) is 3.02. The van der Waals surface area contributed by atoms with E-state index in [0.717, 1.165) is 29.8 Å². The number of carbonyl (C=O) groups is 1. The minimum absolute atomic E-state index is 0.0653. The molecule has 3 nitrogen and oxygen atoms in total. The molecule has 3 rings (SSSR count). The number of hydrogen-bond donors (Lipinski definition) is 0. The molecule has 0 aliphatic carbocycles. The fourth-order valence-corrected chi connectivity index (χ4v) is 4.28. The third-order valence-electron chi connectivity index (χ3n) is 4.74. The zero-order chi connectivity index (χ0) is 17.3. The van der Waals surface area contributed by atoms with Gasteiger partial charge in [-0.2, -0.15) is 0 Å². The Kier molecular flexibility index (Phi) is 4.95. The van der Waals surface area contributed by atoms with Crippen LogP contribution in [0.25, 0.3) is 0 Å². The summed E-state index contributed by atoms with van der Waals surface area (Å²) in [5, 5.41) is 2.12. The zero-order valence-electron chi connectivity index (χ0n) is 14.8. The number of nitrogens with zero attached hydrogens (tertiary/aromatic N) is 1. The van der Waals surface area contributed by atoms with Crippen LogP contribution in [0.15, 0.2) is 29.6 Å². The van der Waals surface area contributed by atoms with Gasteiger partial charge in [0.25, 0.3) is 5.91 Å². The molecular weight excluding hydrogens is 318 g/mol. The van der Waals surface area contributed by atoms with Gasteiger partial charge in [-0.15, -0.1) is 11.3 Å². The predicted molar refractivity (Wildman–Crippen MR) is 98.9 cm³/mol. The summed E-state index contributed by atoms with van der Waals surface area (Å²) in [6.07, 6.45) is 0.949. The summed E-state index contributed by atoms with van der Waals surface area (Å²) in [7, 11) is 0. The quantitative estimate of drug-likeness (QED) is 0.805. The molecule has 4 heteroatoms. The van der Waals surface area contributed by atoms with Crippen LogP contribution in [0.2, 0.25) is 0 Å². The molecule has 1 atom stereocenters. The molecule has 1 amide bonds. The van der Waals surface area contributed by atoms with Gasteiger partial charge in [0.15, 0.2) is 6.61 Å². The molecule has 0 saturated heterocycles. The van der Waals surface area contributed by atoms with Crippen molar-refractivity contribution in [2.75, 3.05) is 13.2 Å². The van der Waals surface area contributed by atoms with Gasteiger partial charge < -0.3 is 9.64 Å². The lowest BCUT2D eigenvalue weighted by atomic mass is 10.0. The van der Waals surface area contributed by atoms with Crippen molar-refractivity contribution in [3.8, 4) is 5.75 Å². The molecule has 1 aliphatic rings. The van der Waals surface area contributed by atoms with E-state index >= 15 is 0 Å². The summed E-state index contributed by atoms with van der Waals surface area (Å²) >= 11 is 1.79. The van der Waals surface area contributed by atoms with Gasteiger partial charge in [0.1, 0.15) is 5.75 Å². The number of carbonyl (C=O) groups excluding carboxylic acids is 1. The SMILES string of the molecule is Cc1ccc(C(C)C)c(OCC(=O)N2CCc3sccc3C2C)c1. The Hall–Kier alpha value is -1.81. The van der Waals surface area contributed by atoms with E-state index in [-0.39, 0.29) is 18.6 Å². The van der Waals surface area contributed by atoms with Gasteiger partial charge in [-0.1, -0.05) is 26.0 Å². The molecule has 0 radical (unpaired) electrons. The van der Waals surface area contributed by atoms with E-state index in [2.05, 4.69) is 44.4 Å². The molecule has 128 valence electrons. The van der Waals surface area contributed by atoms with Crippen molar-refractivity contribution >= 4 is 17.2 Å². The maximum Gasteiger partial charge on any atom is 0.261 e. The van der Waals surface area contributed by atoms with Gasteiger partial charge in [0.05, 0.1) is 6.04 Å². The van der Waals surface area contributed by atoms with E-state index in [0.29, 0.717) is 5.92 Å². The van der Waals surface area contributed by atoms with Crippen LogP contribution in [0.4, 0.5) is 0 Å². The number of thiophene rings is 1. The fourth-order valence-electron chi connectivity index (χ4n) is 3.32. The standard InChI is InChI=1S/C20H25NO2S/c1-13(2)16-6-5-14(3)11-18(16)23-12-20(22)21-9-7-19-17(15(21)4)8-10-24-19/h5-6,8,10-11,13,15H,7,9,12H2,1-4H3. The van der Waals surface area contributed by atoms with E-state index in [9.17, 15) is 4.79 Å². The van der Waals surface area contributed by atoms with Crippen molar-refractivity contribution in [1.29, 1.82) is 0 Å². The van der Waals surface area contributed by atoms with Crippen LogP contribution in [0.5, 0.6) is 5.75 Å². The van der Waals surface area contributed by atoms with Crippen molar-refractivity contribution in [1.82, 2.24) is 4.90 Å². The van der Waals surface area contributed by atoms with Gasteiger partial charge >= 0.3 is 0 Å². The highest BCUT2D eigenvalue weighted by atomic mass is 32.1. The van der Waals surface area contributed by atoms with E-state index in [4.69, 9.17) is 4.74 Å². The number of hydrogen-bond acceptors (Lipinski definition) is 3. The first-order valence-corrected chi connectivity index (χ1v) is 9.44. The molecule has 2 heterocycles. The monoisotopic (exact) mass is 343 g/mol. The van der Waals surface area contributed by atoms with Crippen LogP contribution in [0.1, 0.15) is 54.3 Å². The Labute approximate surface area is 148 Å². The molecule has 1 aliphatic heterocycles. The molecule has 0 spiro atoms. The largest absolute Gasteiger partial charge is 0.483 e. The summed E-state index contributed by atoms with van der Waals surface area (Å²) in [5.74, 6) is 1.27. The van der Waals surface area contributed by atoms with Crippen LogP contribution < -0.4 is 4.74 Å². The van der Waals surface area contributed by atoms with Gasteiger partial charge in [-0.25, -0.2) is 0 Å². The summed E-state index contributed by atoms with van der Waals surface area (Å²) in [4.78, 5) is 16.0. The lowest BCUT2D eigenvalue weighted by molar-refractivity contribution is -0.135. The number of ether oxygens (including phenoxy) is 1. The lowest BCUT2D eigenvalue weighted by Gasteiger charge is -2.33. The summed E-state index contributed by atoms with van der Waals surface area (Å²) in [6.45, 7) is 9.32. The molecule has 0 bridgehead atoms. The lowest BCUT2D eigenvalue weighted by Crippen LogP contribution is -2.40. The van der Waals surface area contributed by atoms with Crippen LogP contribution in [0, 0.1) is 6.92 Å². The van der Waals surface area contributed by atoms with Crippen molar-refractivity contribution in [2.24, 2.45) is 0 Å². The number of benzene rings is 1. The maximum absolute atomic E-state index is 12.7. The number of fused-ring (bicyclic) bond motifs is 1. The Bertz CT molecular complexity index is 735. The third kappa shape index (κ3) is 3.34. The number of amides is 1. The van der Waals surface area contributed by atoms with E-state index in [1.807, 2.05) is 17.9 Å². The number of rotatable bonds is 4. The first-order valence-electron chi connectivity index (χ1n) is 8.56. The molecule has 0 fully saturated rings. The third-order valence-corrected chi connectivity index (χ3v) is 5.74. The van der Waals surface area contributed by atoms with E-state index in [1.165, 1.54) is 10.4 Å².